The van der Waals surface area contributed by atoms with E-state index in [-0.39, 0.29) is 17.6 Å². The van der Waals surface area contributed by atoms with Crippen molar-refractivity contribution >= 4 is 28.9 Å². The molecule has 4 N–H and O–H groups in total. The van der Waals surface area contributed by atoms with Crippen LogP contribution in [0.3, 0.4) is 0 Å². The van der Waals surface area contributed by atoms with Gasteiger partial charge < -0.3 is 16.2 Å². The Labute approximate surface area is 173 Å². The van der Waals surface area contributed by atoms with Crippen LogP contribution < -0.4 is 11.1 Å². The van der Waals surface area contributed by atoms with Gasteiger partial charge in [0.05, 0.1) is 5.92 Å². The molecule has 2 aromatic carbocycles. The molecular formula is C22H22N4O2S. The third-order valence-corrected chi connectivity index (χ3v) is 6.18. The van der Waals surface area contributed by atoms with Crippen LogP contribution in [-0.4, -0.2) is 36.0 Å². The molecule has 1 aliphatic heterocycles. The summed E-state index contributed by atoms with van der Waals surface area (Å²) < 4.78 is 0. The smallest absolute Gasteiger partial charge is 0.239 e. The predicted octanol–water partition coefficient (Wildman–Crippen LogP) is 3.77. The van der Waals surface area contributed by atoms with E-state index in [1.807, 2.05) is 19.2 Å². The maximum atomic E-state index is 13.1. The van der Waals surface area contributed by atoms with Crippen LogP contribution in [-0.2, 0) is 4.79 Å². The molecule has 1 amide bonds. The zero-order chi connectivity index (χ0) is 20.5. The highest BCUT2D eigenvalue weighted by Crippen LogP contribution is 2.42. The molecule has 0 saturated carbocycles. The second-order valence-corrected chi connectivity index (χ2v) is 7.91. The van der Waals surface area contributed by atoms with Gasteiger partial charge >= 0.3 is 0 Å². The molecule has 0 fully saturated rings. The van der Waals surface area contributed by atoms with Crippen LogP contribution in [0.25, 0.3) is 11.1 Å². The summed E-state index contributed by atoms with van der Waals surface area (Å²) in [5, 5.41) is 14.9. The van der Waals surface area contributed by atoms with E-state index in [0.717, 1.165) is 27.3 Å². The number of guanidine groups is 1. The fourth-order valence-electron chi connectivity index (χ4n) is 3.51. The van der Waals surface area contributed by atoms with E-state index in [2.05, 4.69) is 33.9 Å². The van der Waals surface area contributed by atoms with Gasteiger partial charge in [0.2, 0.25) is 5.91 Å². The summed E-state index contributed by atoms with van der Waals surface area (Å²) in [6.07, 6.45) is 0. The van der Waals surface area contributed by atoms with Crippen LogP contribution in [0.15, 0.2) is 65.0 Å². The SMILES string of the molecule is CNc1cccc(-c2csc([C@H]3N=C(N)N(C)C(=O)[C@@H]3c3ccc(O)cc3)c2)c1. The van der Waals surface area contributed by atoms with Gasteiger partial charge in [0, 0.05) is 24.7 Å². The summed E-state index contributed by atoms with van der Waals surface area (Å²) in [5.74, 6) is -0.238. The standard InChI is InChI=1S/C22H22N4O2S/c1-24-16-5-3-4-14(10-16)15-11-18(29-12-15)20-19(13-6-8-17(27)9-7-13)21(28)26(2)22(23)25-20/h3-12,19-20,24,27H,1-2H3,(H2,23,25)/t19-,20-/m1/s1. The van der Waals surface area contributed by atoms with Crippen molar-refractivity contribution in [3.8, 4) is 16.9 Å². The molecule has 0 unspecified atom stereocenters. The molecule has 0 aliphatic carbocycles. The van der Waals surface area contributed by atoms with Crippen LogP contribution in [0.4, 0.5) is 5.69 Å². The lowest BCUT2D eigenvalue weighted by atomic mass is 9.88. The van der Waals surface area contributed by atoms with Crippen molar-refractivity contribution in [3.05, 3.63) is 70.4 Å². The number of aromatic hydroxyl groups is 1. The predicted molar refractivity (Wildman–Crippen MR) is 117 cm³/mol. The third-order valence-electron chi connectivity index (χ3n) is 5.18. The Kier molecular flexibility index (Phi) is 4.98. The fourth-order valence-corrected chi connectivity index (χ4v) is 4.50. The fraction of sp³-hybridized carbons (Fsp3) is 0.182. The van der Waals surface area contributed by atoms with Crippen LogP contribution in [0.1, 0.15) is 22.4 Å². The number of hydrogen-bond acceptors (Lipinski definition) is 6. The number of aliphatic imine (C=N–C) groups is 1. The first-order valence-corrected chi connectivity index (χ1v) is 10.1. The van der Waals surface area contributed by atoms with Crippen molar-refractivity contribution in [1.29, 1.82) is 0 Å². The minimum Gasteiger partial charge on any atom is -0.508 e. The van der Waals surface area contributed by atoms with Crippen molar-refractivity contribution in [2.24, 2.45) is 10.7 Å². The van der Waals surface area contributed by atoms with E-state index in [4.69, 9.17) is 5.73 Å². The van der Waals surface area contributed by atoms with Crippen molar-refractivity contribution in [3.63, 3.8) is 0 Å². The minimum absolute atomic E-state index is 0.111. The topological polar surface area (TPSA) is 91.0 Å². The monoisotopic (exact) mass is 406 g/mol. The molecule has 0 saturated heterocycles. The number of hydrogen-bond donors (Lipinski definition) is 3. The molecule has 0 radical (unpaired) electrons. The summed E-state index contributed by atoms with van der Waals surface area (Å²) in [6.45, 7) is 0. The molecule has 0 spiro atoms. The number of likely N-dealkylation sites (N-methyl/N-ethyl adjacent to an activating group) is 1. The molecule has 29 heavy (non-hydrogen) atoms. The average Bonchev–Trinajstić information content (AvgIpc) is 3.23. The van der Waals surface area contributed by atoms with Crippen LogP contribution >= 0.6 is 11.3 Å². The second-order valence-electron chi connectivity index (χ2n) is 6.97. The first-order chi connectivity index (χ1) is 14.0. The highest BCUT2D eigenvalue weighted by molar-refractivity contribution is 7.10. The average molecular weight is 407 g/mol. The Balaban J connectivity index is 1.75. The Bertz CT molecular complexity index is 1070. The molecule has 1 aliphatic rings. The van der Waals surface area contributed by atoms with Gasteiger partial charge in [0.1, 0.15) is 11.8 Å². The third kappa shape index (κ3) is 3.56. The number of benzene rings is 2. The maximum absolute atomic E-state index is 13.1. The zero-order valence-corrected chi connectivity index (χ0v) is 17.0. The van der Waals surface area contributed by atoms with Crippen LogP contribution in [0.2, 0.25) is 0 Å². The van der Waals surface area contributed by atoms with Crippen molar-refractivity contribution in [2.75, 3.05) is 19.4 Å². The summed E-state index contributed by atoms with van der Waals surface area (Å²) in [5.41, 5.74) is 10.0. The first kappa shape index (κ1) is 19.0. The lowest BCUT2D eigenvalue weighted by Crippen LogP contribution is -2.46. The van der Waals surface area contributed by atoms with E-state index in [0.29, 0.717) is 0 Å². The van der Waals surface area contributed by atoms with Gasteiger partial charge in [0.15, 0.2) is 5.96 Å². The lowest BCUT2D eigenvalue weighted by molar-refractivity contribution is -0.129. The van der Waals surface area contributed by atoms with Crippen LogP contribution in [0, 0.1) is 0 Å². The summed E-state index contributed by atoms with van der Waals surface area (Å²) in [4.78, 5) is 20.1. The van der Waals surface area contributed by atoms with Crippen molar-refractivity contribution in [2.45, 2.75) is 12.0 Å². The van der Waals surface area contributed by atoms with Gasteiger partial charge in [-0.15, -0.1) is 11.3 Å². The van der Waals surface area contributed by atoms with Crippen LogP contribution in [0.5, 0.6) is 5.75 Å². The molecule has 3 aromatic rings. The highest BCUT2D eigenvalue weighted by atomic mass is 32.1. The second kappa shape index (κ2) is 7.60. The van der Waals surface area contributed by atoms with Gasteiger partial charge in [-0.05, 0) is 52.4 Å². The summed E-state index contributed by atoms with van der Waals surface area (Å²) in [7, 11) is 3.52. The Morgan fingerprint density at radius 3 is 2.62 bits per heavy atom. The zero-order valence-electron chi connectivity index (χ0n) is 16.2. The molecule has 2 heterocycles. The van der Waals surface area contributed by atoms with E-state index in [1.165, 1.54) is 4.90 Å². The number of thiophene rings is 1. The lowest BCUT2D eigenvalue weighted by Gasteiger charge is -2.32. The van der Waals surface area contributed by atoms with E-state index < -0.39 is 12.0 Å². The molecule has 0 bridgehead atoms. The summed E-state index contributed by atoms with van der Waals surface area (Å²) in [6, 6.07) is 16.5. The molecular weight excluding hydrogens is 384 g/mol. The molecule has 1 aromatic heterocycles. The van der Waals surface area contributed by atoms with E-state index >= 15 is 0 Å². The normalized spacial score (nSPS) is 19.2. The minimum atomic E-state index is -0.497. The molecule has 4 rings (SSSR count). The molecule has 2 atom stereocenters. The maximum Gasteiger partial charge on any atom is 0.239 e. The Hall–Kier alpha value is -3.32. The van der Waals surface area contributed by atoms with Crippen molar-refractivity contribution in [1.82, 2.24) is 4.90 Å². The van der Waals surface area contributed by atoms with Gasteiger partial charge in [-0.25, -0.2) is 4.99 Å². The number of amides is 1. The number of carbonyl (C=O) groups is 1. The largest absolute Gasteiger partial charge is 0.508 e. The summed E-state index contributed by atoms with van der Waals surface area (Å²) >= 11 is 1.57. The number of anilines is 1. The number of phenols is 1. The molecule has 7 heteroatoms. The number of rotatable bonds is 4. The van der Waals surface area contributed by atoms with Gasteiger partial charge in [-0.3, -0.25) is 9.69 Å². The quantitative estimate of drug-likeness (QED) is 0.615. The van der Waals surface area contributed by atoms with Gasteiger partial charge in [-0.2, -0.15) is 0 Å². The number of nitrogens with zero attached hydrogens (tertiary/aromatic N) is 2. The molecule has 6 nitrogen and oxygen atoms in total. The van der Waals surface area contributed by atoms with E-state index in [9.17, 15) is 9.90 Å². The Morgan fingerprint density at radius 2 is 1.90 bits per heavy atom. The number of nitrogens with two attached hydrogens (primary N) is 1. The number of phenolic OH excluding ortho intramolecular Hbond substituents is 1. The van der Waals surface area contributed by atoms with Gasteiger partial charge in [0.25, 0.3) is 0 Å². The number of nitrogens with one attached hydrogen (secondary N) is 1. The van der Waals surface area contributed by atoms with E-state index in [1.54, 1.807) is 42.6 Å². The Morgan fingerprint density at radius 1 is 1.14 bits per heavy atom. The highest BCUT2D eigenvalue weighted by Gasteiger charge is 2.38. The first-order valence-electron chi connectivity index (χ1n) is 9.24. The number of carbonyl (C=O) groups excluding carboxylic acids is 1. The molecule has 148 valence electrons. The van der Waals surface area contributed by atoms with Gasteiger partial charge in [-0.1, -0.05) is 24.3 Å². The van der Waals surface area contributed by atoms with Crippen molar-refractivity contribution < 1.29 is 9.90 Å².